The summed E-state index contributed by atoms with van der Waals surface area (Å²) in [6.07, 6.45) is 0. The second-order valence-electron chi connectivity index (χ2n) is 4.13. The zero-order valence-corrected chi connectivity index (χ0v) is 10.3. The number of carbonyl (C=O) groups is 1. The fourth-order valence-corrected chi connectivity index (χ4v) is 1.88. The smallest absolute Gasteiger partial charge is 0.196 e. The van der Waals surface area contributed by atoms with Crippen molar-refractivity contribution in [1.29, 1.82) is 0 Å². The molecule has 1 aromatic carbocycles. The molecule has 3 nitrogen and oxygen atoms in total. The normalized spacial score (nSPS) is 10.7. The van der Waals surface area contributed by atoms with Gasteiger partial charge < -0.3 is 0 Å². The van der Waals surface area contributed by atoms with E-state index in [0.29, 0.717) is 17.0 Å². The van der Waals surface area contributed by atoms with Crippen molar-refractivity contribution in [2.75, 3.05) is 0 Å². The predicted octanol–water partition coefficient (Wildman–Crippen LogP) is 2.55. The van der Waals surface area contributed by atoms with Crippen LogP contribution in [0.25, 0.3) is 0 Å². The van der Waals surface area contributed by atoms with Crippen molar-refractivity contribution in [3.63, 3.8) is 0 Å². The van der Waals surface area contributed by atoms with Gasteiger partial charge in [0.05, 0.1) is 11.3 Å². The summed E-state index contributed by atoms with van der Waals surface area (Å²) < 4.78 is 27.5. The number of aryl methyl sites for hydroxylation is 2. The number of nitrogens with zero attached hydrogens (tertiary/aromatic N) is 2. The molecule has 0 bridgehead atoms. The molecule has 0 saturated carbocycles. The molecule has 18 heavy (non-hydrogen) atoms. The first-order valence-corrected chi connectivity index (χ1v) is 5.41. The van der Waals surface area contributed by atoms with Gasteiger partial charge >= 0.3 is 0 Å². The van der Waals surface area contributed by atoms with Crippen LogP contribution in [0.2, 0.25) is 0 Å². The highest BCUT2D eigenvalue weighted by Gasteiger charge is 2.19. The SMILES string of the molecule is Cc1nn(C)c(C)c1C(=O)c1ccc(F)c(F)c1. The Morgan fingerprint density at radius 1 is 1.22 bits per heavy atom. The highest BCUT2D eigenvalue weighted by molar-refractivity contribution is 6.10. The topological polar surface area (TPSA) is 34.9 Å². The number of ketones is 1. The zero-order chi connectivity index (χ0) is 13.4. The van der Waals surface area contributed by atoms with E-state index in [-0.39, 0.29) is 11.3 Å². The van der Waals surface area contributed by atoms with E-state index in [9.17, 15) is 13.6 Å². The van der Waals surface area contributed by atoms with E-state index in [1.807, 2.05) is 0 Å². The van der Waals surface area contributed by atoms with Crippen LogP contribution in [0, 0.1) is 25.5 Å². The van der Waals surface area contributed by atoms with Crippen molar-refractivity contribution in [2.45, 2.75) is 13.8 Å². The summed E-state index contributed by atoms with van der Waals surface area (Å²) in [4.78, 5) is 12.2. The number of hydrogen-bond acceptors (Lipinski definition) is 2. The maximum absolute atomic E-state index is 13.1. The standard InChI is InChI=1S/C13H12F2N2O/c1-7-12(8(2)17(3)16-7)13(18)9-4-5-10(14)11(15)6-9/h4-6H,1-3H3. The molecule has 0 saturated heterocycles. The van der Waals surface area contributed by atoms with Gasteiger partial charge in [0.25, 0.3) is 0 Å². The van der Waals surface area contributed by atoms with E-state index in [0.717, 1.165) is 12.1 Å². The molecule has 2 aromatic rings. The summed E-state index contributed by atoms with van der Waals surface area (Å²) >= 11 is 0. The van der Waals surface area contributed by atoms with Crippen LogP contribution in [0.1, 0.15) is 27.3 Å². The lowest BCUT2D eigenvalue weighted by molar-refractivity contribution is 0.103. The average Bonchev–Trinajstić information content (AvgIpc) is 2.56. The fraction of sp³-hybridized carbons (Fsp3) is 0.231. The van der Waals surface area contributed by atoms with Crippen LogP contribution >= 0.6 is 0 Å². The molecule has 1 aromatic heterocycles. The monoisotopic (exact) mass is 250 g/mol. The third-order valence-electron chi connectivity index (χ3n) is 2.92. The Labute approximate surface area is 103 Å². The second kappa shape index (κ2) is 4.33. The first-order chi connectivity index (χ1) is 8.41. The number of carbonyl (C=O) groups excluding carboxylic acids is 1. The van der Waals surface area contributed by atoms with Crippen molar-refractivity contribution >= 4 is 5.78 Å². The Morgan fingerprint density at radius 2 is 1.89 bits per heavy atom. The Morgan fingerprint density at radius 3 is 2.39 bits per heavy atom. The third kappa shape index (κ3) is 1.92. The maximum atomic E-state index is 13.1. The highest BCUT2D eigenvalue weighted by atomic mass is 19.2. The predicted molar refractivity (Wildman–Crippen MR) is 62.5 cm³/mol. The average molecular weight is 250 g/mol. The minimum atomic E-state index is -1.03. The molecular formula is C13H12F2N2O. The summed E-state index contributed by atoms with van der Waals surface area (Å²) in [6, 6.07) is 3.12. The summed E-state index contributed by atoms with van der Waals surface area (Å²) in [5.74, 6) is -2.34. The van der Waals surface area contributed by atoms with Gasteiger partial charge in [-0.15, -0.1) is 0 Å². The lowest BCUT2D eigenvalue weighted by Gasteiger charge is -2.02. The van der Waals surface area contributed by atoms with Gasteiger partial charge in [-0.3, -0.25) is 9.48 Å². The van der Waals surface area contributed by atoms with Gasteiger partial charge in [0.15, 0.2) is 17.4 Å². The lowest BCUT2D eigenvalue weighted by Crippen LogP contribution is -2.05. The molecule has 0 aliphatic rings. The van der Waals surface area contributed by atoms with E-state index in [1.165, 1.54) is 6.07 Å². The molecule has 0 N–H and O–H groups in total. The molecule has 2 rings (SSSR count). The molecule has 0 atom stereocenters. The number of rotatable bonds is 2. The number of benzene rings is 1. The summed E-state index contributed by atoms with van der Waals surface area (Å²) in [5.41, 5.74) is 1.82. The molecule has 94 valence electrons. The van der Waals surface area contributed by atoms with Crippen LogP contribution in [0.15, 0.2) is 18.2 Å². The van der Waals surface area contributed by atoms with Crippen LogP contribution in [0.4, 0.5) is 8.78 Å². The number of halogens is 2. The largest absolute Gasteiger partial charge is 0.288 e. The minimum Gasteiger partial charge on any atom is -0.288 e. The molecule has 0 aliphatic heterocycles. The van der Waals surface area contributed by atoms with Gasteiger partial charge in [-0.1, -0.05) is 0 Å². The van der Waals surface area contributed by atoms with Gasteiger partial charge in [-0.2, -0.15) is 5.10 Å². The molecule has 1 heterocycles. The molecule has 0 amide bonds. The van der Waals surface area contributed by atoms with Crippen molar-refractivity contribution in [1.82, 2.24) is 9.78 Å². The molecule has 0 spiro atoms. The molecule has 0 aliphatic carbocycles. The Hall–Kier alpha value is -2.04. The molecule has 0 unspecified atom stereocenters. The lowest BCUT2D eigenvalue weighted by atomic mass is 10.0. The fourth-order valence-electron chi connectivity index (χ4n) is 1.88. The van der Waals surface area contributed by atoms with E-state index >= 15 is 0 Å². The van der Waals surface area contributed by atoms with Crippen LogP contribution in [-0.4, -0.2) is 15.6 Å². The quantitative estimate of drug-likeness (QED) is 0.768. The number of hydrogen-bond donors (Lipinski definition) is 0. The van der Waals surface area contributed by atoms with E-state index in [2.05, 4.69) is 5.10 Å². The Balaban J connectivity index is 2.51. The van der Waals surface area contributed by atoms with Gasteiger partial charge in [-0.05, 0) is 32.0 Å². The van der Waals surface area contributed by atoms with Gasteiger partial charge in [0.2, 0.25) is 0 Å². The first-order valence-electron chi connectivity index (χ1n) is 5.41. The highest BCUT2D eigenvalue weighted by Crippen LogP contribution is 2.18. The van der Waals surface area contributed by atoms with Gasteiger partial charge in [0.1, 0.15) is 0 Å². The van der Waals surface area contributed by atoms with Crippen LogP contribution in [0.3, 0.4) is 0 Å². The maximum Gasteiger partial charge on any atom is 0.196 e. The van der Waals surface area contributed by atoms with Crippen LogP contribution in [-0.2, 0) is 7.05 Å². The van der Waals surface area contributed by atoms with Gasteiger partial charge in [0, 0.05) is 18.3 Å². The minimum absolute atomic E-state index is 0.119. The van der Waals surface area contributed by atoms with Crippen molar-refractivity contribution in [3.8, 4) is 0 Å². The molecular weight excluding hydrogens is 238 g/mol. The van der Waals surface area contributed by atoms with E-state index < -0.39 is 11.6 Å². The first kappa shape index (κ1) is 12.4. The van der Waals surface area contributed by atoms with E-state index in [4.69, 9.17) is 0 Å². The Bertz CT molecular complexity index is 632. The molecule has 0 fully saturated rings. The van der Waals surface area contributed by atoms with Crippen molar-refractivity contribution in [2.24, 2.45) is 7.05 Å². The molecule has 0 radical (unpaired) electrons. The van der Waals surface area contributed by atoms with Gasteiger partial charge in [-0.25, -0.2) is 8.78 Å². The summed E-state index contributed by atoms with van der Waals surface area (Å²) in [5, 5.41) is 4.13. The van der Waals surface area contributed by atoms with Crippen molar-refractivity contribution < 1.29 is 13.6 Å². The second-order valence-corrected chi connectivity index (χ2v) is 4.13. The number of aromatic nitrogens is 2. The molecule has 5 heteroatoms. The van der Waals surface area contributed by atoms with E-state index in [1.54, 1.807) is 25.6 Å². The zero-order valence-electron chi connectivity index (χ0n) is 10.3. The summed E-state index contributed by atoms with van der Waals surface area (Å²) in [7, 11) is 1.73. The third-order valence-corrected chi connectivity index (χ3v) is 2.92. The van der Waals surface area contributed by atoms with Crippen molar-refractivity contribution in [3.05, 3.63) is 52.3 Å². The van der Waals surface area contributed by atoms with Crippen LogP contribution in [0.5, 0.6) is 0 Å². The van der Waals surface area contributed by atoms with Crippen LogP contribution < -0.4 is 0 Å². The summed E-state index contributed by atoms with van der Waals surface area (Å²) in [6.45, 7) is 3.47. The Kier molecular flexibility index (Phi) is 2.98.